The second-order valence-corrected chi connectivity index (χ2v) is 5.84. The van der Waals surface area contributed by atoms with Crippen LogP contribution in [0, 0.1) is 17.6 Å². The van der Waals surface area contributed by atoms with Gasteiger partial charge in [0, 0.05) is 23.5 Å². The molecule has 1 fully saturated rings. The predicted molar refractivity (Wildman–Crippen MR) is 68.8 cm³/mol. The highest BCUT2D eigenvalue weighted by Gasteiger charge is 2.27. The number of hydrogen-bond acceptors (Lipinski definition) is 1. The third-order valence-corrected chi connectivity index (χ3v) is 4.61. The summed E-state index contributed by atoms with van der Waals surface area (Å²) in [6, 6.07) is 3.28. The largest absolute Gasteiger partial charge is 0.338 e. The first-order chi connectivity index (χ1) is 8.49. The first-order valence-corrected chi connectivity index (χ1v) is 6.79. The number of halogens is 3. The minimum absolute atomic E-state index is 0.203. The van der Waals surface area contributed by atoms with Crippen molar-refractivity contribution in [1.29, 1.82) is 0 Å². The van der Waals surface area contributed by atoms with E-state index in [4.69, 9.17) is 0 Å². The highest BCUT2D eigenvalue weighted by atomic mass is 79.9. The van der Waals surface area contributed by atoms with Gasteiger partial charge in [-0.15, -0.1) is 0 Å². The zero-order valence-electron chi connectivity index (χ0n) is 10.00. The average Bonchev–Trinajstić information content (AvgIpc) is 2.35. The van der Waals surface area contributed by atoms with E-state index in [0.717, 1.165) is 18.6 Å². The fourth-order valence-corrected chi connectivity index (χ4v) is 2.49. The number of amides is 1. The molecule has 1 amide bonds. The van der Waals surface area contributed by atoms with Gasteiger partial charge in [-0.2, -0.15) is 0 Å². The number of carbonyl (C=O) groups is 1. The molecule has 5 heteroatoms. The maximum absolute atomic E-state index is 13.1. The summed E-state index contributed by atoms with van der Waals surface area (Å²) in [6.07, 6.45) is 0.872. The van der Waals surface area contributed by atoms with Crippen LogP contribution in [0.5, 0.6) is 0 Å². The van der Waals surface area contributed by atoms with Gasteiger partial charge in [-0.1, -0.05) is 22.9 Å². The lowest BCUT2D eigenvalue weighted by molar-refractivity contribution is 0.0690. The molecule has 1 aromatic rings. The second-order valence-electron chi connectivity index (χ2n) is 4.66. The predicted octanol–water partition coefficient (Wildman–Crippen LogP) is 3.21. The Bertz CT molecular complexity index is 466. The zero-order chi connectivity index (χ0) is 13.3. The van der Waals surface area contributed by atoms with Crippen molar-refractivity contribution in [2.24, 2.45) is 5.92 Å². The molecule has 1 aliphatic heterocycles. The summed E-state index contributed by atoms with van der Waals surface area (Å²) in [7, 11) is 0. The Balaban J connectivity index is 2.14. The molecule has 0 N–H and O–H groups in total. The topological polar surface area (TPSA) is 20.3 Å². The Morgan fingerprint density at radius 3 is 2.72 bits per heavy atom. The summed E-state index contributed by atoms with van der Waals surface area (Å²) in [4.78, 5) is 14.2. The third-order valence-electron chi connectivity index (χ3n) is 3.25. The molecule has 1 aliphatic rings. The molecule has 18 heavy (non-hydrogen) atoms. The Morgan fingerprint density at radius 2 is 2.11 bits per heavy atom. The van der Waals surface area contributed by atoms with Gasteiger partial charge in [-0.25, -0.2) is 8.78 Å². The van der Waals surface area contributed by atoms with Crippen LogP contribution in [-0.2, 0) is 0 Å². The number of hydrogen-bond donors (Lipinski definition) is 0. The van der Waals surface area contributed by atoms with Crippen LogP contribution in [-0.4, -0.2) is 28.7 Å². The van der Waals surface area contributed by atoms with E-state index in [1.807, 2.05) is 0 Å². The van der Waals surface area contributed by atoms with Crippen molar-refractivity contribution in [1.82, 2.24) is 4.90 Å². The molecule has 0 spiro atoms. The zero-order valence-corrected chi connectivity index (χ0v) is 11.6. The van der Waals surface area contributed by atoms with Gasteiger partial charge in [0.15, 0.2) is 11.6 Å². The molecule has 2 rings (SSSR count). The van der Waals surface area contributed by atoms with Crippen LogP contribution in [0.2, 0.25) is 0 Å². The highest BCUT2D eigenvalue weighted by molar-refractivity contribution is 9.09. The smallest absolute Gasteiger partial charge is 0.253 e. The summed E-state index contributed by atoms with van der Waals surface area (Å²) in [6.45, 7) is 3.33. The number of likely N-dealkylation sites (tertiary alicyclic amines) is 1. The van der Waals surface area contributed by atoms with Crippen LogP contribution in [0.3, 0.4) is 0 Å². The minimum Gasteiger partial charge on any atom is -0.338 e. The van der Waals surface area contributed by atoms with Crippen molar-refractivity contribution in [2.45, 2.75) is 18.2 Å². The lowest BCUT2D eigenvalue weighted by Gasteiger charge is -2.34. The van der Waals surface area contributed by atoms with E-state index >= 15 is 0 Å². The first kappa shape index (κ1) is 13.5. The lowest BCUT2D eigenvalue weighted by atomic mass is 9.99. The molecule has 0 aromatic heterocycles. The molecule has 1 saturated heterocycles. The van der Waals surface area contributed by atoms with Crippen molar-refractivity contribution in [3.05, 3.63) is 35.4 Å². The SMILES string of the molecule is CC1CN(C(=O)c2ccc(F)c(F)c2)CCC1Br. The van der Waals surface area contributed by atoms with Crippen molar-refractivity contribution >= 4 is 21.8 Å². The number of alkyl halides is 1. The number of rotatable bonds is 1. The lowest BCUT2D eigenvalue weighted by Crippen LogP contribution is -2.43. The molecule has 0 saturated carbocycles. The molecule has 1 heterocycles. The molecule has 0 bridgehead atoms. The second kappa shape index (κ2) is 5.34. The number of carbonyl (C=O) groups excluding carboxylic acids is 1. The number of piperidine rings is 1. The maximum atomic E-state index is 13.1. The normalized spacial score (nSPS) is 24.1. The van der Waals surface area contributed by atoms with E-state index in [2.05, 4.69) is 22.9 Å². The van der Waals surface area contributed by atoms with Crippen molar-refractivity contribution < 1.29 is 13.6 Å². The minimum atomic E-state index is -0.982. The van der Waals surface area contributed by atoms with Crippen LogP contribution in [0.25, 0.3) is 0 Å². The van der Waals surface area contributed by atoms with Crippen LogP contribution < -0.4 is 0 Å². The fraction of sp³-hybridized carbons (Fsp3) is 0.462. The molecule has 1 aromatic carbocycles. The highest BCUT2D eigenvalue weighted by Crippen LogP contribution is 2.24. The van der Waals surface area contributed by atoms with Gasteiger partial charge in [0.1, 0.15) is 0 Å². The molecular formula is C13H14BrF2NO. The van der Waals surface area contributed by atoms with Crippen LogP contribution >= 0.6 is 15.9 Å². The Labute approximate surface area is 113 Å². The van der Waals surface area contributed by atoms with E-state index in [9.17, 15) is 13.6 Å². The molecule has 2 unspecified atom stereocenters. The van der Waals surface area contributed by atoms with Gasteiger partial charge in [-0.05, 0) is 30.5 Å². The van der Waals surface area contributed by atoms with E-state index in [0.29, 0.717) is 23.8 Å². The van der Waals surface area contributed by atoms with Gasteiger partial charge in [-0.3, -0.25) is 4.79 Å². The number of nitrogens with zero attached hydrogens (tertiary/aromatic N) is 1. The molecule has 98 valence electrons. The van der Waals surface area contributed by atoms with E-state index < -0.39 is 11.6 Å². The van der Waals surface area contributed by atoms with Crippen molar-refractivity contribution in [2.75, 3.05) is 13.1 Å². The maximum Gasteiger partial charge on any atom is 0.253 e. The summed E-state index contributed by atoms with van der Waals surface area (Å²) >= 11 is 3.56. The summed E-state index contributed by atoms with van der Waals surface area (Å²) < 4.78 is 25.9. The summed E-state index contributed by atoms with van der Waals surface area (Å²) in [5, 5.41) is 0. The van der Waals surface area contributed by atoms with Gasteiger partial charge in [0.25, 0.3) is 5.91 Å². The standard InChI is InChI=1S/C13H14BrF2NO/c1-8-7-17(5-4-10(8)14)13(18)9-2-3-11(15)12(16)6-9/h2-3,6,8,10H,4-5,7H2,1H3. The fourth-order valence-electron chi connectivity index (χ4n) is 2.11. The quantitative estimate of drug-likeness (QED) is 0.728. The van der Waals surface area contributed by atoms with Gasteiger partial charge >= 0.3 is 0 Å². The van der Waals surface area contributed by atoms with E-state index in [1.165, 1.54) is 6.07 Å². The molecular weight excluding hydrogens is 304 g/mol. The number of benzene rings is 1. The first-order valence-electron chi connectivity index (χ1n) is 5.87. The summed E-state index contributed by atoms with van der Waals surface area (Å²) in [5.41, 5.74) is 0.203. The average molecular weight is 318 g/mol. The van der Waals surface area contributed by atoms with Gasteiger partial charge in [0.05, 0.1) is 0 Å². The Kier molecular flexibility index (Phi) is 4.00. The summed E-state index contributed by atoms with van der Waals surface area (Å²) in [5.74, 6) is -1.79. The van der Waals surface area contributed by atoms with Gasteiger partial charge in [0.2, 0.25) is 0 Å². The van der Waals surface area contributed by atoms with Crippen molar-refractivity contribution in [3.63, 3.8) is 0 Å². The Hall–Kier alpha value is -0.970. The molecule has 2 atom stereocenters. The van der Waals surface area contributed by atoms with Crippen LogP contribution in [0.4, 0.5) is 8.78 Å². The third kappa shape index (κ3) is 2.71. The van der Waals surface area contributed by atoms with Gasteiger partial charge < -0.3 is 4.90 Å². The molecule has 2 nitrogen and oxygen atoms in total. The van der Waals surface area contributed by atoms with E-state index in [-0.39, 0.29) is 11.5 Å². The van der Waals surface area contributed by atoms with Crippen LogP contribution in [0.15, 0.2) is 18.2 Å². The molecule has 0 radical (unpaired) electrons. The molecule has 0 aliphatic carbocycles. The Morgan fingerprint density at radius 1 is 1.39 bits per heavy atom. The monoisotopic (exact) mass is 317 g/mol. The van der Waals surface area contributed by atoms with Crippen LogP contribution in [0.1, 0.15) is 23.7 Å². The van der Waals surface area contributed by atoms with Crippen molar-refractivity contribution in [3.8, 4) is 0 Å². The van der Waals surface area contributed by atoms with E-state index in [1.54, 1.807) is 4.90 Å².